The van der Waals surface area contributed by atoms with Crippen molar-refractivity contribution in [3.05, 3.63) is 34.3 Å². The van der Waals surface area contributed by atoms with Gasteiger partial charge in [-0.3, -0.25) is 5.32 Å². The Bertz CT molecular complexity index is 490. The molecule has 0 heterocycles. The molecular formula is C12H13ClF3NO2. The molecule has 0 aliphatic heterocycles. The van der Waals surface area contributed by atoms with Crippen molar-refractivity contribution in [1.82, 2.24) is 5.32 Å². The molecule has 0 saturated carbocycles. The Morgan fingerprint density at radius 3 is 2.42 bits per heavy atom. The number of nitrogens with one attached hydrogen (secondary N) is 1. The van der Waals surface area contributed by atoms with Gasteiger partial charge in [0.1, 0.15) is 0 Å². The van der Waals surface area contributed by atoms with Crippen molar-refractivity contribution in [2.24, 2.45) is 0 Å². The molecule has 106 valence electrons. The molecule has 0 saturated heterocycles. The summed E-state index contributed by atoms with van der Waals surface area (Å²) in [7, 11) is 0. The summed E-state index contributed by atoms with van der Waals surface area (Å²) in [5.41, 5.74) is -1.74. The van der Waals surface area contributed by atoms with Crippen LogP contribution in [-0.4, -0.2) is 22.8 Å². The molecule has 0 spiro atoms. The van der Waals surface area contributed by atoms with Crippen LogP contribution < -0.4 is 5.32 Å². The van der Waals surface area contributed by atoms with Crippen molar-refractivity contribution >= 4 is 17.6 Å². The molecule has 0 aromatic heterocycles. The minimum absolute atomic E-state index is 0.290. The minimum Gasteiger partial charge on any atom is -0.480 e. The van der Waals surface area contributed by atoms with Crippen molar-refractivity contribution in [2.45, 2.75) is 32.1 Å². The Hall–Kier alpha value is -1.27. The molecule has 0 amide bonds. The second kappa shape index (κ2) is 5.38. The van der Waals surface area contributed by atoms with Gasteiger partial charge in [-0.15, -0.1) is 0 Å². The standard InChI is InChI=1S/C12H13ClF3NO2/c1-7-3-4-8(9(13)5-7)6-17-11(2,10(18)19)12(14,15)16/h3-5,17H,6H2,1-2H3,(H,18,19). The fourth-order valence-electron chi connectivity index (χ4n) is 1.36. The van der Waals surface area contributed by atoms with E-state index >= 15 is 0 Å². The van der Waals surface area contributed by atoms with Crippen LogP contribution in [0.25, 0.3) is 0 Å². The van der Waals surface area contributed by atoms with Gasteiger partial charge in [0.05, 0.1) is 0 Å². The third-order valence-electron chi connectivity index (χ3n) is 2.84. The largest absolute Gasteiger partial charge is 0.480 e. The highest BCUT2D eigenvalue weighted by Crippen LogP contribution is 2.31. The second-order valence-corrected chi connectivity index (χ2v) is 4.78. The van der Waals surface area contributed by atoms with Crippen LogP contribution in [-0.2, 0) is 11.3 Å². The lowest BCUT2D eigenvalue weighted by Gasteiger charge is -2.28. The topological polar surface area (TPSA) is 49.3 Å². The maximum Gasteiger partial charge on any atom is 0.417 e. The molecule has 7 heteroatoms. The second-order valence-electron chi connectivity index (χ2n) is 4.38. The van der Waals surface area contributed by atoms with Gasteiger partial charge in [0.2, 0.25) is 5.54 Å². The first-order valence-electron chi connectivity index (χ1n) is 5.38. The molecule has 1 rings (SSSR count). The highest BCUT2D eigenvalue weighted by molar-refractivity contribution is 6.31. The number of halogens is 4. The molecule has 1 aromatic rings. The van der Waals surface area contributed by atoms with Gasteiger partial charge in [0.25, 0.3) is 0 Å². The van der Waals surface area contributed by atoms with Crippen LogP contribution in [0.4, 0.5) is 13.2 Å². The third kappa shape index (κ3) is 3.39. The third-order valence-corrected chi connectivity index (χ3v) is 3.19. The quantitative estimate of drug-likeness (QED) is 0.897. The summed E-state index contributed by atoms with van der Waals surface area (Å²) in [6, 6.07) is 4.85. The first-order valence-corrected chi connectivity index (χ1v) is 5.76. The zero-order valence-corrected chi connectivity index (χ0v) is 11.1. The summed E-state index contributed by atoms with van der Waals surface area (Å²) in [5, 5.41) is 11.0. The SMILES string of the molecule is Cc1ccc(CNC(C)(C(=O)O)C(F)(F)F)c(Cl)c1. The lowest BCUT2D eigenvalue weighted by Crippen LogP contribution is -2.59. The summed E-state index contributed by atoms with van der Waals surface area (Å²) in [6.07, 6.45) is -4.91. The van der Waals surface area contributed by atoms with E-state index in [4.69, 9.17) is 16.7 Å². The number of rotatable bonds is 4. The monoisotopic (exact) mass is 295 g/mol. The summed E-state index contributed by atoms with van der Waals surface area (Å²) < 4.78 is 38.2. The van der Waals surface area contributed by atoms with Gasteiger partial charge in [-0.1, -0.05) is 23.7 Å². The van der Waals surface area contributed by atoms with Crippen molar-refractivity contribution in [2.75, 3.05) is 0 Å². The van der Waals surface area contributed by atoms with Crippen molar-refractivity contribution < 1.29 is 23.1 Å². The Morgan fingerprint density at radius 2 is 2.00 bits per heavy atom. The normalized spacial score (nSPS) is 15.1. The maximum atomic E-state index is 12.7. The zero-order chi connectivity index (χ0) is 14.8. The Labute approximate surface area is 113 Å². The summed E-state index contributed by atoms with van der Waals surface area (Å²) in [5.74, 6) is -1.98. The van der Waals surface area contributed by atoms with E-state index in [2.05, 4.69) is 0 Å². The molecule has 0 aliphatic carbocycles. The van der Waals surface area contributed by atoms with Crippen LogP contribution in [0.15, 0.2) is 18.2 Å². The number of aliphatic carboxylic acids is 1. The number of aryl methyl sites for hydroxylation is 1. The molecule has 1 atom stereocenters. The lowest BCUT2D eigenvalue weighted by molar-refractivity contribution is -0.206. The van der Waals surface area contributed by atoms with E-state index in [-0.39, 0.29) is 6.54 Å². The van der Waals surface area contributed by atoms with Gasteiger partial charge in [-0.05, 0) is 31.0 Å². The summed E-state index contributed by atoms with van der Waals surface area (Å²) >= 11 is 5.88. The van der Waals surface area contributed by atoms with Crippen molar-refractivity contribution in [3.8, 4) is 0 Å². The van der Waals surface area contributed by atoms with E-state index in [1.807, 2.05) is 5.32 Å². The van der Waals surface area contributed by atoms with E-state index in [1.54, 1.807) is 25.1 Å². The molecule has 0 radical (unpaired) electrons. The highest BCUT2D eigenvalue weighted by Gasteiger charge is 2.57. The predicted octanol–water partition coefficient (Wildman–Crippen LogP) is 3.14. The molecule has 0 bridgehead atoms. The van der Waals surface area contributed by atoms with Crippen molar-refractivity contribution in [1.29, 1.82) is 0 Å². The fraction of sp³-hybridized carbons (Fsp3) is 0.417. The van der Waals surface area contributed by atoms with Crippen LogP contribution in [0.5, 0.6) is 0 Å². The molecule has 3 nitrogen and oxygen atoms in total. The average Bonchev–Trinajstić information content (AvgIpc) is 2.25. The van der Waals surface area contributed by atoms with Gasteiger partial charge < -0.3 is 5.11 Å². The summed E-state index contributed by atoms with van der Waals surface area (Å²) in [6.45, 7) is 2.08. The molecule has 0 aliphatic rings. The Balaban J connectivity index is 2.92. The Morgan fingerprint density at radius 1 is 1.42 bits per heavy atom. The number of alkyl halides is 3. The van der Waals surface area contributed by atoms with E-state index in [9.17, 15) is 18.0 Å². The molecule has 0 fully saturated rings. The van der Waals surface area contributed by atoms with E-state index in [0.29, 0.717) is 17.5 Å². The lowest BCUT2D eigenvalue weighted by atomic mass is 10.0. The Kier molecular flexibility index (Phi) is 4.47. The van der Waals surface area contributed by atoms with Gasteiger partial charge in [0, 0.05) is 11.6 Å². The van der Waals surface area contributed by atoms with Crippen molar-refractivity contribution in [3.63, 3.8) is 0 Å². The first kappa shape index (κ1) is 15.8. The molecule has 19 heavy (non-hydrogen) atoms. The molecule has 1 aromatic carbocycles. The van der Waals surface area contributed by atoms with Crippen LogP contribution in [0.2, 0.25) is 5.02 Å². The number of hydrogen-bond donors (Lipinski definition) is 2. The van der Waals surface area contributed by atoms with Gasteiger partial charge in [-0.25, -0.2) is 4.79 Å². The van der Waals surface area contributed by atoms with Gasteiger partial charge in [-0.2, -0.15) is 13.2 Å². The minimum atomic E-state index is -4.91. The van der Waals surface area contributed by atoms with E-state index in [0.717, 1.165) is 5.56 Å². The number of carboxylic acids is 1. The molecule has 1 unspecified atom stereocenters. The zero-order valence-electron chi connectivity index (χ0n) is 10.3. The number of hydrogen-bond acceptors (Lipinski definition) is 2. The maximum absolute atomic E-state index is 12.7. The highest BCUT2D eigenvalue weighted by atomic mass is 35.5. The average molecular weight is 296 g/mol. The number of carbonyl (C=O) groups is 1. The first-order chi connectivity index (χ1) is 8.58. The predicted molar refractivity (Wildman–Crippen MR) is 65.1 cm³/mol. The van der Waals surface area contributed by atoms with Crippen LogP contribution >= 0.6 is 11.6 Å². The molecule has 2 N–H and O–H groups in total. The number of carboxylic acid groups (broad SMARTS) is 1. The summed E-state index contributed by atoms with van der Waals surface area (Å²) in [4.78, 5) is 10.8. The smallest absolute Gasteiger partial charge is 0.417 e. The van der Waals surface area contributed by atoms with Crippen LogP contribution in [0, 0.1) is 6.92 Å². The van der Waals surface area contributed by atoms with Gasteiger partial charge >= 0.3 is 12.1 Å². The van der Waals surface area contributed by atoms with E-state index < -0.39 is 17.7 Å². The molecular weight excluding hydrogens is 283 g/mol. The van der Waals surface area contributed by atoms with Gasteiger partial charge in [0.15, 0.2) is 0 Å². The van der Waals surface area contributed by atoms with Crippen LogP contribution in [0.1, 0.15) is 18.1 Å². The fourth-order valence-corrected chi connectivity index (χ4v) is 1.67. The number of benzene rings is 1. The van der Waals surface area contributed by atoms with E-state index in [1.165, 1.54) is 0 Å². The van der Waals surface area contributed by atoms with Crippen LogP contribution in [0.3, 0.4) is 0 Å².